The van der Waals surface area contributed by atoms with E-state index in [1.165, 1.54) is 15.0 Å². The normalized spacial score (nSPS) is 10.4. The number of nitrogens with zero attached hydrogens (tertiary/aromatic N) is 1. The fourth-order valence-electron chi connectivity index (χ4n) is 1.27. The molecule has 0 spiro atoms. The predicted molar refractivity (Wildman–Crippen MR) is 66.9 cm³/mol. The van der Waals surface area contributed by atoms with Crippen LogP contribution in [0.3, 0.4) is 0 Å². The van der Waals surface area contributed by atoms with Crippen molar-refractivity contribution >= 4 is 53.3 Å². The van der Waals surface area contributed by atoms with Crippen molar-refractivity contribution in [3.8, 4) is 6.07 Å². The number of thiophene rings is 1. The van der Waals surface area contributed by atoms with E-state index >= 15 is 0 Å². The highest BCUT2D eigenvalue weighted by atomic mass is 79.9. The summed E-state index contributed by atoms with van der Waals surface area (Å²) in [6.45, 7) is 0. The molecule has 4 heteroatoms. The Hall–Kier alpha value is -0.370. The second-order valence-corrected chi connectivity index (χ2v) is 5.41. The molecule has 70 valence electrons. The summed E-state index contributed by atoms with van der Waals surface area (Å²) in [5.74, 6) is 0. The zero-order valence-corrected chi connectivity index (χ0v) is 11.0. The summed E-state index contributed by atoms with van der Waals surface area (Å²) >= 11 is 8.52. The Labute approximate surface area is 103 Å². The van der Waals surface area contributed by atoms with E-state index in [0.29, 0.717) is 5.56 Å². The number of fused-ring (bicyclic) bond motifs is 1. The Kier molecular flexibility index (Phi) is 2.91. The van der Waals surface area contributed by atoms with Gasteiger partial charge < -0.3 is 0 Å². The molecule has 0 atom stereocenters. The van der Waals surface area contributed by atoms with Gasteiger partial charge in [0.2, 0.25) is 0 Å². The molecule has 0 aliphatic heterocycles. The van der Waals surface area contributed by atoms with Gasteiger partial charge in [0.05, 0.1) is 5.56 Å². The van der Waals surface area contributed by atoms with Crippen LogP contribution in [-0.4, -0.2) is 0 Å². The van der Waals surface area contributed by atoms with Crippen molar-refractivity contribution in [1.29, 1.82) is 5.26 Å². The van der Waals surface area contributed by atoms with Gasteiger partial charge in [-0.3, -0.25) is 0 Å². The van der Waals surface area contributed by atoms with E-state index in [2.05, 4.69) is 44.0 Å². The molecule has 1 nitrogen and oxygen atoms in total. The second kappa shape index (κ2) is 4.01. The van der Waals surface area contributed by atoms with Crippen LogP contribution >= 0.6 is 43.2 Å². The van der Waals surface area contributed by atoms with Gasteiger partial charge in [-0.05, 0) is 39.5 Å². The van der Waals surface area contributed by atoms with Gasteiger partial charge >= 0.3 is 0 Å². The molecule has 0 N–H and O–H groups in total. The molecular formula is C10H5Br2NS. The van der Waals surface area contributed by atoms with E-state index in [1.807, 2.05) is 12.1 Å². The van der Waals surface area contributed by atoms with Gasteiger partial charge in [0.25, 0.3) is 0 Å². The number of benzene rings is 1. The lowest BCUT2D eigenvalue weighted by Crippen LogP contribution is -1.75. The van der Waals surface area contributed by atoms with E-state index < -0.39 is 0 Å². The third-order valence-electron chi connectivity index (χ3n) is 1.91. The molecule has 1 aromatic carbocycles. The highest BCUT2D eigenvalue weighted by Gasteiger charge is 2.05. The molecule has 14 heavy (non-hydrogen) atoms. The monoisotopic (exact) mass is 329 g/mol. The molecule has 1 aromatic heterocycles. The van der Waals surface area contributed by atoms with Crippen LogP contribution in [0.25, 0.3) is 10.1 Å². The van der Waals surface area contributed by atoms with Crippen LogP contribution in [0.5, 0.6) is 0 Å². The molecule has 0 saturated heterocycles. The maximum absolute atomic E-state index is 8.86. The SMILES string of the molecule is N#Cc1cc2sc(CBr)cc2cc1Br. The Morgan fingerprint density at radius 1 is 1.36 bits per heavy atom. The molecule has 0 bridgehead atoms. The van der Waals surface area contributed by atoms with E-state index in [9.17, 15) is 0 Å². The van der Waals surface area contributed by atoms with E-state index in [0.717, 1.165) is 9.80 Å². The molecule has 0 saturated carbocycles. The number of nitriles is 1. The number of rotatable bonds is 1. The lowest BCUT2D eigenvalue weighted by Gasteiger charge is -1.94. The van der Waals surface area contributed by atoms with Crippen LogP contribution in [0, 0.1) is 11.3 Å². The number of alkyl halides is 1. The van der Waals surface area contributed by atoms with Crippen LogP contribution in [0.1, 0.15) is 10.4 Å². The highest BCUT2D eigenvalue weighted by molar-refractivity contribution is 9.10. The van der Waals surface area contributed by atoms with Crippen LogP contribution in [-0.2, 0) is 5.33 Å². The first kappa shape index (κ1) is 10.2. The van der Waals surface area contributed by atoms with E-state index in [-0.39, 0.29) is 0 Å². The molecule has 0 unspecified atom stereocenters. The fourth-order valence-corrected chi connectivity index (χ4v) is 3.16. The summed E-state index contributed by atoms with van der Waals surface area (Å²) in [6.07, 6.45) is 0. The Bertz CT molecular complexity index is 525. The van der Waals surface area contributed by atoms with Crippen molar-refractivity contribution in [2.45, 2.75) is 5.33 Å². The lowest BCUT2D eigenvalue weighted by molar-refractivity contribution is 1.48. The molecule has 1 heterocycles. The van der Waals surface area contributed by atoms with Crippen molar-refractivity contribution in [2.75, 3.05) is 0 Å². The summed E-state index contributed by atoms with van der Waals surface area (Å²) in [5, 5.41) is 10.9. The molecule has 2 rings (SSSR count). The van der Waals surface area contributed by atoms with Crippen LogP contribution in [0.15, 0.2) is 22.7 Å². The smallest absolute Gasteiger partial charge is 0.100 e. The number of halogens is 2. The molecule has 0 aliphatic carbocycles. The minimum atomic E-state index is 0.695. The lowest BCUT2D eigenvalue weighted by atomic mass is 10.2. The van der Waals surface area contributed by atoms with Crippen LogP contribution in [0.2, 0.25) is 0 Å². The average Bonchev–Trinajstić information content (AvgIpc) is 2.58. The zero-order valence-electron chi connectivity index (χ0n) is 7.05. The van der Waals surface area contributed by atoms with E-state index in [1.54, 1.807) is 11.3 Å². The summed E-state index contributed by atoms with van der Waals surface area (Å²) in [5.41, 5.74) is 0.695. The van der Waals surface area contributed by atoms with Gasteiger partial charge in [-0.25, -0.2) is 0 Å². The fraction of sp³-hybridized carbons (Fsp3) is 0.100. The van der Waals surface area contributed by atoms with Crippen molar-refractivity contribution < 1.29 is 0 Å². The van der Waals surface area contributed by atoms with Crippen molar-refractivity contribution in [2.24, 2.45) is 0 Å². The van der Waals surface area contributed by atoms with Crippen molar-refractivity contribution in [3.05, 3.63) is 33.1 Å². The van der Waals surface area contributed by atoms with Gasteiger partial charge in [0.1, 0.15) is 6.07 Å². The second-order valence-electron chi connectivity index (χ2n) is 2.83. The van der Waals surface area contributed by atoms with Gasteiger partial charge in [-0.2, -0.15) is 5.26 Å². The molecule has 0 amide bonds. The number of hydrogen-bond acceptors (Lipinski definition) is 2. The summed E-state index contributed by atoms with van der Waals surface area (Å²) in [6, 6.07) is 8.23. The molecular weight excluding hydrogens is 326 g/mol. The molecule has 0 aliphatic rings. The van der Waals surface area contributed by atoms with Crippen LogP contribution in [0.4, 0.5) is 0 Å². The maximum Gasteiger partial charge on any atom is 0.100 e. The van der Waals surface area contributed by atoms with Crippen molar-refractivity contribution in [1.82, 2.24) is 0 Å². The molecule has 0 fully saturated rings. The topological polar surface area (TPSA) is 23.8 Å². The largest absolute Gasteiger partial charge is 0.192 e. The van der Waals surface area contributed by atoms with Gasteiger partial charge in [-0.15, -0.1) is 11.3 Å². The minimum absolute atomic E-state index is 0.695. The first-order valence-corrected chi connectivity index (χ1v) is 6.65. The summed E-state index contributed by atoms with van der Waals surface area (Å²) in [7, 11) is 0. The molecule has 0 radical (unpaired) electrons. The average molecular weight is 331 g/mol. The first-order valence-electron chi connectivity index (χ1n) is 3.92. The Morgan fingerprint density at radius 3 is 2.79 bits per heavy atom. The predicted octanol–water partition coefficient (Wildman–Crippen LogP) is 4.43. The third-order valence-corrected chi connectivity index (χ3v) is 4.64. The molecule has 2 aromatic rings. The third kappa shape index (κ3) is 1.72. The van der Waals surface area contributed by atoms with Gasteiger partial charge in [0, 0.05) is 19.4 Å². The summed E-state index contributed by atoms with van der Waals surface area (Å²) in [4.78, 5) is 1.28. The standard InChI is InChI=1S/C10H5Br2NS/c11-4-8-1-6-2-9(12)7(5-13)3-10(6)14-8/h1-3H,4H2. The number of hydrogen-bond donors (Lipinski definition) is 0. The Morgan fingerprint density at radius 2 is 2.14 bits per heavy atom. The van der Waals surface area contributed by atoms with Gasteiger partial charge in [0.15, 0.2) is 0 Å². The highest BCUT2D eigenvalue weighted by Crippen LogP contribution is 2.31. The summed E-state index contributed by atoms with van der Waals surface area (Å²) < 4.78 is 2.03. The zero-order chi connectivity index (χ0) is 10.1. The quantitative estimate of drug-likeness (QED) is 0.709. The van der Waals surface area contributed by atoms with Crippen LogP contribution < -0.4 is 0 Å². The maximum atomic E-state index is 8.86. The Balaban J connectivity index is 2.71. The van der Waals surface area contributed by atoms with Crippen molar-refractivity contribution in [3.63, 3.8) is 0 Å². The first-order chi connectivity index (χ1) is 6.74. The van der Waals surface area contributed by atoms with E-state index in [4.69, 9.17) is 5.26 Å². The van der Waals surface area contributed by atoms with Gasteiger partial charge in [-0.1, -0.05) is 15.9 Å². The minimum Gasteiger partial charge on any atom is -0.192 e.